The standard InChI is InChI=1S/C30H34N4OS/c1-3-33(4-2)30(35)26-12-10-25(11-13-26)29(27-9-5-7-24-8-6-15-31-28(24)27)34-18-16-32(17-19-34)21-23-14-20-36-22-23/h5-15,20,22,29H,3-4,16-19,21H2,1-2H3. The molecule has 0 spiro atoms. The molecule has 0 N–H and O–H groups in total. The zero-order valence-electron chi connectivity index (χ0n) is 21.1. The zero-order valence-corrected chi connectivity index (χ0v) is 22.0. The van der Waals surface area contributed by atoms with Crippen molar-refractivity contribution < 1.29 is 4.79 Å². The molecule has 1 aliphatic rings. The molecule has 0 aliphatic carbocycles. The van der Waals surface area contributed by atoms with Crippen molar-refractivity contribution in [3.8, 4) is 0 Å². The number of piperazine rings is 1. The zero-order chi connectivity index (χ0) is 24.9. The lowest BCUT2D eigenvalue weighted by atomic mass is 9.93. The van der Waals surface area contributed by atoms with Gasteiger partial charge in [-0.1, -0.05) is 36.4 Å². The summed E-state index contributed by atoms with van der Waals surface area (Å²) >= 11 is 1.77. The van der Waals surface area contributed by atoms with E-state index < -0.39 is 0 Å². The van der Waals surface area contributed by atoms with E-state index in [9.17, 15) is 4.79 Å². The molecule has 36 heavy (non-hydrogen) atoms. The first kappa shape index (κ1) is 24.6. The van der Waals surface area contributed by atoms with Crippen molar-refractivity contribution in [3.05, 3.63) is 99.9 Å². The van der Waals surface area contributed by atoms with Gasteiger partial charge in [0.1, 0.15) is 0 Å². The summed E-state index contributed by atoms with van der Waals surface area (Å²) in [4.78, 5) is 24.7. The Labute approximate surface area is 218 Å². The summed E-state index contributed by atoms with van der Waals surface area (Å²) in [5, 5.41) is 5.56. The molecule has 0 radical (unpaired) electrons. The molecule has 1 fully saturated rings. The molecule has 5 nitrogen and oxygen atoms in total. The Morgan fingerprint density at radius 1 is 0.972 bits per heavy atom. The molecule has 4 aromatic rings. The summed E-state index contributed by atoms with van der Waals surface area (Å²) in [5.41, 5.74) is 5.63. The maximum Gasteiger partial charge on any atom is 0.253 e. The van der Waals surface area contributed by atoms with Crippen molar-refractivity contribution in [2.24, 2.45) is 0 Å². The van der Waals surface area contributed by atoms with Gasteiger partial charge in [-0.3, -0.25) is 19.6 Å². The van der Waals surface area contributed by atoms with E-state index in [1.165, 1.54) is 16.7 Å². The smallest absolute Gasteiger partial charge is 0.253 e. The molecule has 5 rings (SSSR count). The quantitative estimate of drug-likeness (QED) is 0.313. The third kappa shape index (κ3) is 5.21. The Balaban J connectivity index is 1.45. The highest BCUT2D eigenvalue weighted by Crippen LogP contribution is 2.34. The van der Waals surface area contributed by atoms with Gasteiger partial charge in [0.05, 0.1) is 11.6 Å². The summed E-state index contributed by atoms with van der Waals surface area (Å²) in [5.74, 6) is 0.0944. The number of amides is 1. The van der Waals surface area contributed by atoms with Crippen LogP contribution in [0.4, 0.5) is 0 Å². The van der Waals surface area contributed by atoms with E-state index in [1.54, 1.807) is 11.3 Å². The number of nitrogens with zero attached hydrogens (tertiary/aromatic N) is 4. The van der Waals surface area contributed by atoms with Gasteiger partial charge < -0.3 is 4.90 Å². The van der Waals surface area contributed by atoms with Crippen LogP contribution >= 0.6 is 11.3 Å². The molecule has 2 aromatic heterocycles. The minimum Gasteiger partial charge on any atom is -0.339 e. The third-order valence-electron chi connectivity index (χ3n) is 7.24. The number of para-hydroxylation sites is 1. The van der Waals surface area contributed by atoms with Gasteiger partial charge in [-0.25, -0.2) is 0 Å². The lowest BCUT2D eigenvalue weighted by molar-refractivity contribution is 0.0773. The molecule has 0 bridgehead atoms. The average molecular weight is 499 g/mol. The Morgan fingerprint density at radius 3 is 2.42 bits per heavy atom. The molecule has 0 saturated carbocycles. The highest BCUT2D eigenvalue weighted by Gasteiger charge is 2.28. The van der Waals surface area contributed by atoms with Crippen molar-refractivity contribution in [2.75, 3.05) is 39.3 Å². The fourth-order valence-electron chi connectivity index (χ4n) is 5.26. The van der Waals surface area contributed by atoms with E-state index >= 15 is 0 Å². The monoisotopic (exact) mass is 498 g/mol. The lowest BCUT2D eigenvalue weighted by Crippen LogP contribution is -2.47. The van der Waals surface area contributed by atoms with Gasteiger partial charge in [0, 0.05) is 68.5 Å². The van der Waals surface area contributed by atoms with E-state index in [4.69, 9.17) is 4.98 Å². The molecule has 1 saturated heterocycles. The minimum atomic E-state index is 0.0875. The molecular weight excluding hydrogens is 464 g/mol. The number of pyridine rings is 1. The molecule has 1 amide bonds. The van der Waals surface area contributed by atoms with E-state index in [1.807, 2.05) is 43.1 Å². The normalized spacial score (nSPS) is 15.7. The maximum absolute atomic E-state index is 12.9. The van der Waals surface area contributed by atoms with Crippen LogP contribution in [0.1, 0.15) is 46.9 Å². The highest BCUT2D eigenvalue weighted by molar-refractivity contribution is 7.07. The van der Waals surface area contributed by atoms with Crippen LogP contribution in [-0.4, -0.2) is 64.9 Å². The number of carbonyl (C=O) groups excluding carboxylic acids is 1. The molecule has 2 aromatic carbocycles. The van der Waals surface area contributed by atoms with Crippen LogP contribution in [0.5, 0.6) is 0 Å². The summed E-state index contributed by atoms with van der Waals surface area (Å²) < 4.78 is 0. The van der Waals surface area contributed by atoms with Crippen LogP contribution in [-0.2, 0) is 6.54 Å². The molecule has 3 heterocycles. The minimum absolute atomic E-state index is 0.0875. The van der Waals surface area contributed by atoms with Crippen molar-refractivity contribution in [3.63, 3.8) is 0 Å². The Morgan fingerprint density at radius 2 is 1.72 bits per heavy atom. The summed E-state index contributed by atoms with van der Waals surface area (Å²) in [6.45, 7) is 10.5. The van der Waals surface area contributed by atoms with E-state index in [0.717, 1.165) is 62.3 Å². The summed E-state index contributed by atoms with van der Waals surface area (Å²) in [7, 11) is 0. The molecule has 1 aliphatic heterocycles. The molecule has 186 valence electrons. The van der Waals surface area contributed by atoms with E-state index in [2.05, 4.69) is 63.0 Å². The van der Waals surface area contributed by atoms with Crippen LogP contribution in [0.2, 0.25) is 0 Å². The second-order valence-corrected chi connectivity index (χ2v) is 10.1. The van der Waals surface area contributed by atoms with E-state index in [-0.39, 0.29) is 11.9 Å². The average Bonchev–Trinajstić information content (AvgIpc) is 3.44. The number of aromatic nitrogens is 1. The predicted molar refractivity (Wildman–Crippen MR) is 148 cm³/mol. The molecule has 1 atom stereocenters. The van der Waals surface area contributed by atoms with Crippen molar-refractivity contribution in [1.82, 2.24) is 19.7 Å². The summed E-state index contributed by atoms with van der Waals surface area (Å²) in [6, 6.07) is 21.2. The summed E-state index contributed by atoms with van der Waals surface area (Å²) in [6.07, 6.45) is 1.88. The van der Waals surface area contributed by atoms with Crippen molar-refractivity contribution in [1.29, 1.82) is 0 Å². The Bertz CT molecular complexity index is 1270. The maximum atomic E-state index is 12.9. The number of hydrogen-bond acceptors (Lipinski definition) is 5. The third-order valence-corrected chi connectivity index (χ3v) is 7.97. The largest absolute Gasteiger partial charge is 0.339 e. The first-order chi connectivity index (χ1) is 17.7. The van der Waals surface area contributed by atoms with Crippen molar-refractivity contribution >= 4 is 28.1 Å². The Kier molecular flexibility index (Phi) is 7.75. The van der Waals surface area contributed by atoms with Crippen LogP contribution in [0.25, 0.3) is 10.9 Å². The van der Waals surface area contributed by atoms with Gasteiger partial charge in [0.15, 0.2) is 0 Å². The van der Waals surface area contributed by atoms with Gasteiger partial charge in [-0.15, -0.1) is 0 Å². The van der Waals surface area contributed by atoms with Gasteiger partial charge in [-0.05, 0) is 60.0 Å². The van der Waals surface area contributed by atoms with Gasteiger partial charge in [0.25, 0.3) is 5.91 Å². The number of benzene rings is 2. The number of thiophene rings is 1. The van der Waals surface area contributed by atoms with E-state index in [0.29, 0.717) is 0 Å². The number of hydrogen-bond donors (Lipinski definition) is 0. The van der Waals surface area contributed by atoms with Crippen LogP contribution in [0.3, 0.4) is 0 Å². The molecular formula is C30H34N4OS. The predicted octanol–water partition coefficient (Wildman–Crippen LogP) is 5.69. The number of carbonyl (C=O) groups is 1. The van der Waals surface area contributed by atoms with Gasteiger partial charge in [0.2, 0.25) is 0 Å². The highest BCUT2D eigenvalue weighted by atomic mass is 32.1. The first-order valence-electron chi connectivity index (χ1n) is 12.9. The van der Waals surface area contributed by atoms with Gasteiger partial charge >= 0.3 is 0 Å². The van der Waals surface area contributed by atoms with Crippen molar-refractivity contribution in [2.45, 2.75) is 26.4 Å². The lowest BCUT2D eigenvalue weighted by Gasteiger charge is -2.40. The number of fused-ring (bicyclic) bond motifs is 1. The SMILES string of the molecule is CCN(CC)C(=O)c1ccc(C(c2cccc3cccnc23)N2CCN(Cc3ccsc3)CC2)cc1. The fraction of sp³-hybridized carbons (Fsp3) is 0.333. The molecule has 6 heteroatoms. The second kappa shape index (κ2) is 11.3. The van der Waals surface area contributed by atoms with Crippen LogP contribution < -0.4 is 0 Å². The number of rotatable bonds is 8. The van der Waals surface area contributed by atoms with Gasteiger partial charge in [-0.2, -0.15) is 11.3 Å². The topological polar surface area (TPSA) is 39.7 Å². The first-order valence-corrected chi connectivity index (χ1v) is 13.8. The fourth-order valence-corrected chi connectivity index (χ4v) is 5.92. The van der Waals surface area contributed by atoms with Crippen LogP contribution in [0.15, 0.2) is 77.6 Å². The molecule has 1 unspecified atom stereocenters. The van der Waals surface area contributed by atoms with Crippen LogP contribution in [0, 0.1) is 0 Å². The Hall–Kier alpha value is -3.06. The second-order valence-electron chi connectivity index (χ2n) is 9.37.